The van der Waals surface area contributed by atoms with E-state index < -0.39 is 6.04 Å². The van der Waals surface area contributed by atoms with Gasteiger partial charge < -0.3 is 9.64 Å². The first-order valence-electron chi connectivity index (χ1n) is 8.28. The van der Waals surface area contributed by atoms with Crippen molar-refractivity contribution in [2.75, 3.05) is 38.2 Å². The van der Waals surface area contributed by atoms with Gasteiger partial charge in [0.25, 0.3) is 0 Å². The van der Waals surface area contributed by atoms with Gasteiger partial charge in [-0.05, 0) is 23.8 Å². The highest BCUT2D eigenvalue weighted by atomic mass is 35.5. The standard InChI is InChI=1S/C19H19Cl3N2O2/c1-26-19(25)18(13-5-2-3-6-14(13)20)24-11-9-23(10-12-24)16-8-4-7-15(21)17(16)22/h2-8,18H,9-12H2,1H3. The van der Waals surface area contributed by atoms with E-state index >= 15 is 0 Å². The molecule has 26 heavy (non-hydrogen) atoms. The van der Waals surface area contributed by atoms with E-state index in [-0.39, 0.29) is 5.97 Å². The molecule has 0 radical (unpaired) electrons. The molecule has 4 nitrogen and oxygen atoms in total. The SMILES string of the molecule is COC(=O)C(c1ccccc1Cl)N1CCN(c2cccc(Cl)c2Cl)CC1. The average molecular weight is 414 g/mol. The molecule has 0 aliphatic carbocycles. The van der Waals surface area contributed by atoms with Crippen LogP contribution in [0.5, 0.6) is 0 Å². The van der Waals surface area contributed by atoms with Crippen molar-refractivity contribution in [3.63, 3.8) is 0 Å². The molecule has 1 aliphatic rings. The van der Waals surface area contributed by atoms with Crippen LogP contribution in [0.2, 0.25) is 15.1 Å². The maximum atomic E-state index is 12.4. The quantitative estimate of drug-likeness (QED) is 0.681. The lowest BCUT2D eigenvalue weighted by Gasteiger charge is -2.39. The zero-order valence-corrected chi connectivity index (χ0v) is 16.6. The van der Waals surface area contributed by atoms with Crippen LogP contribution in [-0.4, -0.2) is 44.2 Å². The van der Waals surface area contributed by atoms with Gasteiger partial charge in [-0.25, -0.2) is 4.79 Å². The molecule has 2 aromatic carbocycles. The van der Waals surface area contributed by atoms with Gasteiger partial charge >= 0.3 is 5.97 Å². The second kappa shape index (κ2) is 8.49. The summed E-state index contributed by atoms with van der Waals surface area (Å²) < 4.78 is 5.03. The molecular weight excluding hydrogens is 395 g/mol. The molecule has 0 saturated carbocycles. The van der Waals surface area contributed by atoms with Crippen LogP contribution in [0, 0.1) is 0 Å². The van der Waals surface area contributed by atoms with E-state index in [4.69, 9.17) is 39.5 Å². The van der Waals surface area contributed by atoms with Crippen molar-refractivity contribution in [3.8, 4) is 0 Å². The molecule has 1 heterocycles. The van der Waals surface area contributed by atoms with Gasteiger partial charge in [0.05, 0.1) is 22.8 Å². The fourth-order valence-corrected chi connectivity index (χ4v) is 3.89. The Balaban J connectivity index is 1.79. The number of ether oxygens (including phenoxy) is 1. The number of rotatable bonds is 4. The van der Waals surface area contributed by atoms with Crippen molar-refractivity contribution in [3.05, 3.63) is 63.1 Å². The van der Waals surface area contributed by atoms with E-state index in [2.05, 4.69) is 9.80 Å². The Labute approximate surface area is 168 Å². The average Bonchev–Trinajstić information content (AvgIpc) is 2.66. The second-order valence-electron chi connectivity index (χ2n) is 6.04. The number of carbonyl (C=O) groups is 1. The zero-order valence-electron chi connectivity index (χ0n) is 14.3. The minimum Gasteiger partial charge on any atom is -0.468 e. The molecular formula is C19H19Cl3N2O2. The minimum atomic E-state index is -0.523. The van der Waals surface area contributed by atoms with Crippen LogP contribution in [0.15, 0.2) is 42.5 Å². The number of piperazine rings is 1. The van der Waals surface area contributed by atoms with E-state index in [1.807, 2.05) is 30.3 Å². The smallest absolute Gasteiger partial charge is 0.327 e. The largest absolute Gasteiger partial charge is 0.468 e. The van der Waals surface area contributed by atoms with Gasteiger partial charge in [0.1, 0.15) is 6.04 Å². The molecule has 1 saturated heterocycles. The fourth-order valence-electron chi connectivity index (χ4n) is 3.24. The Bertz CT molecular complexity index is 792. The molecule has 1 aliphatic heterocycles. The fraction of sp³-hybridized carbons (Fsp3) is 0.316. The Kier molecular flexibility index (Phi) is 6.30. The summed E-state index contributed by atoms with van der Waals surface area (Å²) >= 11 is 18.8. The van der Waals surface area contributed by atoms with Gasteiger partial charge in [0.2, 0.25) is 0 Å². The van der Waals surface area contributed by atoms with Crippen molar-refractivity contribution in [2.45, 2.75) is 6.04 Å². The molecule has 138 valence electrons. The van der Waals surface area contributed by atoms with Gasteiger partial charge in [0, 0.05) is 31.2 Å². The predicted octanol–water partition coefficient (Wildman–Crippen LogP) is 4.68. The monoisotopic (exact) mass is 412 g/mol. The summed E-state index contributed by atoms with van der Waals surface area (Å²) in [6.07, 6.45) is 0. The lowest BCUT2D eigenvalue weighted by atomic mass is 10.0. The summed E-state index contributed by atoms with van der Waals surface area (Å²) in [6, 6.07) is 12.5. The number of hydrogen-bond donors (Lipinski definition) is 0. The third kappa shape index (κ3) is 3.94. The van der Waals surface area contributed by atoms with Gasteiger partial charge in [-0.15, -0.1) is 0 Å². The number of benzene rings is 2. The molecule has 1 fully saturated rings. The topological polar surface area (TPSA) is 32.8 Å². The van der Waals surface area contributed by atoms with Crippen molar-refractivity contribution in [1.82, 2.24) is 4.90 Å². The summed E-state index contributed by atoms with van der Waals surface area (Å²) in [6.45, 7) is 2.79. The molecule has 0 N–H and O–H groups in total. The molecule has 7 heteroatoms. The highest BCUT2D eigenvalue weighted by Gasteiger charge is 2.33. The van der Waals surface area contributed by atoms with E-state index in [9.17, 15) is 4.79 Å². The van der Waals surface area contributed by atoms with E-state index in [0.717, 1.165) is 24.3 Å². The van der Waals surface area contributed by atoms with Crippen molar-refractivity contribution in [2.24, 2.45) is 0 Å². The minimum absolute atomic E-state index is 0.313. The first-order chi connectivity index (χ1) is 12.5. The lowest BCUT2D eigenvalue weighted by Crippen LogP contribution is -2.49. The Morgan fingerprint density at radius 1 is 0.962 bits per heavy atom. The molecule has 0 spiro atoms. The zero-order chi connectivity index (χ0) is 18.7. The van der Waals surface area contributed by atoms with Crippen LogP contribution in [-0.2, 0) is 9.53 Å². The Hall–Kier alpha value is -1.46. The summed E-state index contributed by atoms with van der Waals surface area (Å²) in [5.41, 5.74) is 1.67. The second-order valence-corrected chi connectivity index (χ2v) is 7.24. The van der Waals surface area contributed by atoms with Crippen LogP contribution in [0.3, 0.4) is 0 Å². The van der Waals surface area contributed by atoms with Crippen molar-refractivity contribution < 1.29 is 9.53 Å². The molecule has 0 aromatic heterocycles. The summed E-state index contributed by atoms with van der Waals surface area (Å²) in [7, 11) is 1.40. The summed E-state index contributed by atoms with van der Waals surface area (Å²) in [4.78, 5) is 16.7. The van der Waals surface area contributed by atoms with Crippen molar-refractivity contribution in [1.29, 1.82) is 0 Å². The predicted molar refractivity (Wildman–Crippen MR) is 106 cm³/mol. The van der Waals surface area contributed by atoms with Crippen LogP contribution >= 0.6 is 34.8 Å². The number of hydrogen-bond acceptors (Lipinski definition) is 4. The number of methoxy groups -OCH3 is 1. The third-order valence-corrected chi connectivity index (χ3v) is 5.73. The first kappa shape index (κ1) is 19.3. The van der Waals surface area contributed by atoms with Gasteiger partial charge in [0.15, 0.2) is 0 Å². The third-order valence-electron chi connectivity index (χ3n) is 4.58. The van der Waals surface area contributed by atoms with Gasteiger partial charge in [-0.2, -0.15) is 0 Å². The molecule has 0 amide bonds. The Morgan fingerprint density at radius 2 is 1.62 bits per heavy atom. The highest BCUT2D eigenvalue weighted by molar-refractivity contribution is 6.43. The normalized spacial score (nSPS) is 16.4. The number of esters is 1. The Morgan fingerprint density at radius 3 is 2.27 bits per heavy atom. The number of nitrogens with zero attached hydrogens (tertiary/aromatic N) is 2. The maximum absolute atomic E-state index is 12.4. The number of carbonyl (C=O) groups excluding carboxylic acids is 1. The molecule has 1 unspecified atom stereocenters. The summed E-state index contributed by atoms with van der Waals surface area (Å²) in [5, 5.41) is 1.65. The molecule has 3 rings (SSSR count). The first-order valence-corrected chi connectivity index (χ1v) is 9.41. The maximum Gasteiger partial charge on any atom is 0.327 e. The van der Waals surface area contributed by atoms with E-state index in [0.29, 0.717) is 28.2 Å². The molecule has 2 aromatic rings. The summed E-state index contributed by atoms with van der Waals surface area (Å²) in [5.74, 6) is -0.313. The number of halogens is 3. The molecule has 0 bridgehead atoms. The van der Waals surface area contributed by atoms with E-state index in [1.54, 1.807) is 12.1 Å². The van der Waals surface area contributed by atoms with Crippen LogP contribution in [0.1, 0.15) is 11.6 Å². The molecule has 1 atom stereocenters. The van der Waals surface area contributed by atoms with Gasteiger partial charge in [-0.3, -0.25) is 4.90 Å². The lowest BCUT2D eigenvalue weighted by molar-refractivity contribution is -0.147. The van der Waals surface area contributed by atoms with Crippen LogP contribution in [0.4, 0.5) is 5.69 Å². The van der Waals surface area contributed by atoms with Crippen molar-refractivity contribution >= 4 is 46.5 Å². The van der Waals surface area contributed by atoms with Crippen LogP contribution < -0.4 is 4.90 Å². The van der Waals surface area contributed by atoms with Crippen LogP contribution in [0.25, 0.3) is 0 Å². The van der Waals surface area contributed by atoms with E-state index in [1.165, 1.54) is 7.11 Å². The highest BCUT2D eigenvalue weighted by Crippen LogP contribution is 2.34. The van der Waals surface area contributed by atoms with Gasteiger partial charge in [-0.1, -0.05) is 59.1 Å². The number of anilines is 1.